The molecule has 0 unspecified atom stereocenters. The summed E-state index contributed by atoms with van der Waals surface area (Å²) < 4.78 is 5.93. The molecule has 18 heavy (non-hydrogen) atoms. The van der Waals surface area contributed by atoms with Crippen molar-refractivity contribution in [2.45, 2.75) is 13.1 Å². The summed E-state index contributed by atoms with van der Waals surface area (Å²) in [4.78, 5) is 10.8. The molecule has 0 spiro atoms. The lowest BCUT2D eigenvalue weighted by molar-refractivity contribution is 0.0660. The van der Waals surface area contributed by atoms with Crippen LogP contribution in [0.1, 0.15) is 21.7 Å². The molecule has 2 aromatic rings. The number of rotatable bonds is 5. The van der Waals surface area contributed by atoms with Crippen LogP contribution in [-0.2, 0) is 13.1 Å². The van der Waals surface area contributed by atoms with Crippen molar-refractivity contribution in [1.82, 2.24) is 5.32 Å². The summed E-state index contributed by atoms with van der Waals surface area (Å²) in [6.07, 6.45) is 1.39. The highest BCUT2D eigenvalue weighted by atomic mass is 79.9. The first-order valence-corrected chi connectivity index (χ1v) is 6.21. The first kappa shape index (κ1) is 12.9. The molecule has 0 atom stereocenters. The Bertz CT molecular complexity index is 551. The highest BCUT2D eigenvalue weighted by molar-refractivity contribution is 9.10. The Kier molecular flexibility index (Phi) is 4.17. The molecule has 0 radical (unpaired) electrons. The van der Waals surface area contributed by atoms with Gasteiger partial charge in [0.15, 0.2) is 0 Å². The second-order valence-corrected chi connectivity index (χ2v) is 4.63. The van der Waals surface area contributed by atoms with E-state index in [0.717, 1.165) is 10.0 Å². The van der Waals surface area contributed by atoms with E-state index in [1.165, 1.54) is 6.26 Å². The molecule has 0 saturated heterocycles. The third kappa shape index (κ3) is 3.00. The Morgan fingerprint density at radius 2 is 1.94 bits per heavy atom. The first-order valence-electron chi connectivity index (χ1n) is 5.42. The lowest BCUT2D eigenvalue weighted by Crippen LogP contribution is -2.14. The van der Waals surface area contributed by atoms with Crippen LogP contribution in [0.5, 0.6) is 0 Å². The van der Waals surface area contributed by atoms with E-state index in [4.69, 9.17) is 9.52 Å². The lowest BCUT2D eigenvalue weighted by atomic mass is 10.2. The zero-order valence-electron chi connectivity index (χ0n) is 9.52. The predicted molar refractivity (Wildman–Crippen MR) is 70.4 cm³/mol. The van der Waals surface area contributed by atoms with Crippen molar-refractivity contribution in [3.8, 4) is 0 Å². The average molecular weight is 310 g/mol. The van der Waals surface area contributed by atoms with E-state index in [9.17, 15) is 4.79 Å². The second kappa shape index (κ2) is 5.84. The van der Waals surface area contributed by atoms with Gasteiger partial charge >= 0.3 is 5.97 Å². The van der Waals surface area contributed by atoms with Gasteiger partial charge in [-0.1, -0.05) is 34.1 Å². The number of furan rings is 1. The van der Waals surface area contributed by atoms with Crippen LogP contribution in [0.4, 0.5) is 0 Å². The molecular formula is C13H12BrNO3. The average Bonchev–Trinajstić information content (AvgIpc) is 2.80. The molecule has 0 aliphatic carbocycles. The Morgan fingerprint density at radius 1 is 1.22 bits per heavy atom. The minimum Gasteiger partial charge on any atom is -0.475 e. The summed E-state index contributed by atoms with van der Waals surface area (Å²) in [5, 5.41) is 12.1. The van der Waals surface area contributed by atoms with E-state index in [2.05, 4.69) is 21.2 Å². The summed E-state index contributed by atoms with van der Waals surface area (Å²) in [5.74, 6) is -1.05. The number of aromatic carboxylic acids is 1. The van der Waals surface area contributed by atoms with E-state index in [1.807, 2.05) is 24.3 Å². The summed E-state index contributed by atoms with van der Waals surface area (Å²) in [7, 11) is 0. The second-order valence-electron chi connectivity index (χ2n) is 3.78. The Balaban J connectivity index is 1.95. The number of carboxylic acid groups (broad SMARTS) is 1. The number of benzene rings is 1. The zero-order valence-corrected chi connectivity index (χ0v) is 11.1. The van der Waals surface area contributed by atoms with Crippen molar-refractivity contribution in [1.29, 1.82) is 0 Å². The largest absolute Gasteiger partial charge is 0.475 e. The van der Waals surface area contributed by atoms with Crippen LogP contribution in [0, 0.1) is 0 Å². The van der Waals surface area contributed by atoms with E-state index >= 15 is 0 Å². The van der Waals surface area contributed by atoms with Gasteiger partial charge in [-0.3, -0.25) is 0 Å². The van der Waals surface area contributed by atoms with Gasteiger partial charge in [-0.25, -0.2) is 4.79 Å². The van der Waals surface area contributed by atoms with Gasteiger partial charge in [0.25, 0.3) is 0 Å². The maximum Gasteiger partial charge on any atom is 0.372 e. The minimum absolute atomic E-state index is 0.00497. The van der Waals surface area contributed by atoms with Crippen molar-refractivity contribution >= 4 is 21.9 Å². The topological polar surface area (TPSA) is 62.5 Å². The molecule has 5 heteroatoms. The number of carboxylic acids is 1. The van der Waals surface area contributed by atoms with Gasteiger partial charge in [-0.05, 0) is 17.7 Å². The third-order valence-electron chi connectivity index (χ3n) is 2.53. The van der Waals surface area contributed by atoms with Crippen LogP contribution in [0.3, 0.4) is 0 Å². The van der Waals surface area contributed by atoms with Crippen molar-refractivity contribution in [2.24, 2.45) is 0 Å². The van der Waals surface area contributed by atoms with Gasteiger partial charge in [0.1, 0.15) is 0 Å². The molecule has 1 heterocycles. The molecule has 0 aliphatic heterocycles. The van der Waals surface area contributed by atoms with Crippen molar-refractivity contribution in [2.75, 3.05) is 0 Å². The van der Waals surface area contributed by atoms with Gasteiger partial charge in [-0.15, -0.1) is 0 Å². The molecule has 0 aliphatic rings. The number of hydrogen-bond donors (Lipinski definition) is 2. The van der Waals surface area contributed by atoms with E-state index in [-0.39, 0.29) is 5.76 Å². The molecular weight excluding hydrogens is 298 g/mol. The maximum absolute atomic E-state index is 10.8. The highest BCUT2D eigenvalue weighted by Gasteiger charge is 2.13. The third-order valence-corrected chi connectivity index (χ3v) is 3.30. The standard InChI is InChI=1S/C13H12BrNO3/c14-11-4-2-1-3-9(11)7-15-8-10-5-6-18-12(10)13(16)17/h1-6,15H,7-8H2,(H,16,17). The Morgan fingerprint density at radius 3 is 2.67 bits per heavy atom. The predicted octanol–water partition coefficient (Wildman–Crippen LogP) is 3.03. The zero-order chi connectivity index (χ0) is 13.0. The van der Waals surface area contributed by atoms with Crippen molar-refractivity contribution in [3.63, 3.8) is 0 Å². The Hall–Kier alpha value is -1.59. The monoisotopic (exact) mass is 309 g/mol. The molecule has 1 aromatic carbocycles. The number of carbonyl (C=O) groups is 1. The van der Waals surface area contributed by atoms with Gasteiger partial charge in [0, 0.05) is 23.1 Å². The molecule has 0 amide bonds. The Labute approximate surface area is 113 Å². The van der Waals surface area contributed by atoms with E-state index in [0.29, 0.717) is 18.7 Å². The molecule has 0 bridgehead atoms. The van der Waals surface area contributed by atoms with Crippen molar-refractivity contribution in [3.05, 3.63) is 58.0 Å². The summed E-state index contributed by atoms with van der Waals surface area (Å²) in [6, 6.07) is 9.55. The van der Waals surface area contributed by atoms with Gasteiger partial charge in [-0.2, -0.15) is 0 Å². The molecule has 1 aromatic heterocycles. The molecule has 94 valence electrons. The van der Waals surface area contributed by atoms with E-state index < -0.39 is 5.97 Å². The molecule has 2 N–H and O–H groups in total. The minimum atomic E-state index is -1.04. The number of hydrogen-bond acceptors (Lipinski definition) is 3. The van der Waals surface area contributed by atoms with Crippen molar-refractivity contribution < 1.29 is 14.3 Å². The van der Waals surface area contributed by atoms with Crippen LogP contribution in [0.15, 0.2) is 45.5 Å². The lowest BCUT2D eigenvalue weighted by Gasteiger charge is -2.06. The molecule has 4 nitrogen and oxygen atoms in total. The number of halogens is 1. The fraction of sp³-hybridized carbons (Fsp3) is 0.154. The number of nitrogens with one attached hydrogen (secondary N) is 1. The first-order chi connectivity index (χ1) is 8.68. The van der Waals surface area contributed by atoms with Crippen LogP contribution < -0.4 is 5.32 Å². The van der Waals surface area contributed by atoms with E-state index in [1.54, 1.807) is 6.07 Å². The summed E-state index contributed by atoms with van der Waals surface area (Å²) in [5.41, 5.74) is 1.77. The smallest absolute Gasteiger partial charge is 0.372 e. The van der Waals surface area contributed by atoms with Gasteiger partial charge in [0.05, 0.1) is 6.26 Å². The van der Waals surface area contributed by atoms with Gasteiger partial charge < -0.3 is 14.8 Å². The van der Waals surface area contributed by atoms with Crippen LogP contribution in [0.25, 0.3) is 0 Å². The molecule has 0 saturated carbocycles. The van der Waals surface area contributed by atoms with Crippen LogP contribution in [-0.4, -0.2) is 11.1 Å². The quantitative estimate of drug-likeness (QED) is 0.891. The normalized spacial score (nSPS) is 10.5. The SMILES string of the molecule is O=C(O)c1occc1CNCc1ccccc1Br. The molecule has 0 fully saturated rings. The highest BCUT2D eigenvalue weighted by Crippen LogP contribution is 2.16. The maximum atomic E-state index is 10.8. The fourth-order valence-corrected chi connectivity index (χ4v) is 2.06. The summed E-state index contributed by atoms with van der Waals surface area (Å²) >= 11 is 3.46. The fourth-order valence-electron chi connectivity index (χ4n) is 1.64. The van der Waals surface area contributed by atoms with Crippen LogP contribution >= 0.6 is 15.9 Å². The van der Waals surface area contributed by atoms with Gasteiger partial charge in [0.2, 0.25) is 5.76 Å². The summed E-state index contributed by atoms with van der Waals surface area (Å²) in [6.45, 7) is 1.12. The van der Waals surface area contributed by atoms with Crippen LogP contribution in [0.2, 0.25) is 0 Å². The molecule has 2 rings (SSSR count).